The number of rotatable bonds is 5. The fraction of sp³-hybridized carbons (Fsp3) is 0.455. The quantitative estimate of drug-likeness (QED) is 0.810. The molecule has 2 N–H and O–H groups in total. The van der Waals surface area contributed by atoms with Gasteiger partial charge >= 0.3 is 0 Å². The van der Waals surface area contributed by atoms with Crippen LogP contribution in [0.25, 0.3) is 0 Å². The van der Waals surface area contributed by atoms with Gasteiger partial charge in [0, 0.05) is 10.1 Å². The van der Waals surface area contributed by atoms with Crippen LogP contribution in [0.2, 0.25) is 5.02 Å². The molecule has 0 aliphatic carbocycles. The van der Waals surface area contributed by atoms with Crippen molar-refractivity contribution in [3.63, 3.8) is 0 Å². The van der Waals surface area contributed by atoms with Crippen molar-refractivity contribution in [2.24, 2.45) is 5.73 Å². The smallest absolute Gasteiger partial charge is 0.137 e. The van der Waals surface area contributed by atoms with Crippen molar-refractivity contribution >= 4 is 23.4 Å². The van der Waals surface area contributed by atoms with Crippen LogP contribution in [0.3, 0.4) is 0 Å². The Morgan fingerprint density at radius 2 is 2.27 bits per heavy atom. The van der Waals surface area contributed by atoms with Crippen LogP contribution in [0.15, 0.2) is 23.1 Å². The number of methoxy groups -OCH3 is 1. The highest BCUT2D eigenvalue weighted by Crippen LogP contribution is 2.32. The van der Waals surface area contributed by atoms with Crippen LogP contribution >= 0.6 is 23.4 Å². The van der Waals surface area contributed by atoms with Crippen molar-refractivity contribution in [3.8, 4) is 5.75 Å². The average Bonchev–Trinajstić information content (AvgIpc) is 2.18. The molecule has 0 amide bonds. The van der Waals surface area contributed by atoms with E-state index in [0.717, 1.165) is 17.9 Å². The lowest BCUT2D eigenvalue weighted by Gasteiger charge is -2.10. The molecule has 2 nitrogen and oxygen atoms in total. The second kappa shape index (κ2) is 6.26. The van der Waals surface area contributed by atoms with Gasteiger partial charge in [0.15, 0.2) is 0 Å². The number of hydrogen-bond acceptors (Lipinski definition) is 3. The second-order valence-corrected chi connectivity index (χ2v) is 5.22. The molecule has 0 spiro atoms. The van der Waals surface area contributed by atoms with E-state index in [1.807, 2.05) is 18.2 Å². The highest BCUT2D eigenvalue weighted by atomic mass is 35.5. The van der Waals surface area contributed by atoms with E-state index in [9.17, 15) is 0 Å². The van der Waals surface area contributed by atoms with Gasteiger partial charge in [-0.3, -0.25) is 0 Å². The third-order valence-corrected chi connectivity index (χ3v) is 3.49. The first kappa shape index (κ1) is 12.7. The van der Waals surface area contributed by atoms with Crippen molar-refractivity contribution in [2.45, 2.75) is 23.5 Å². The summed E-state index contributed by atoms with van der Waals surface area (Å²) < 4.78 is 5.09. The van der Waals surface area contributed by atoms with Gasteiger partial charge in [0.05, 0.1) is 12.1 Å². The van der Waals surface area contributed by atoms with Gasteiger partial charge in [0.25, 0.3) is 0 Å². The first-order valence-corrected chi connectivity index (χ1v) is 6.13. The van der Waals surface area contributed by atoms with Crippen LogP contribution in [0.1, 0.15) is 13.3 Å². The largest absolute Gasteiger partial charge is 0.495 e. The molecule has 84 valence electrons. The third kappa shape index (κ3) is 3.93. The zero-order valence-electron chi connectivity index (χ0n) is 9.00. The average molecular weight is 246 g/mol. The van der Waals surface area contributed by atoms with Crippen molar-refractivity contribution in [2.75, 3.05) is 13.7 Å². The molecule has 0 aliphatic rings. The SMILES string of the molecule is COc1ccc(SC(C)CCN)cc1Cl. The fourth-order valence-electron chi connectivity index (χ4n) is 1.25. The molecule has 0 radical (unpaired) electrons. The molecule has 0 saturated carbocycles. The van der Waals surface area contributed by atoms with Gasteiger partial charge < -0.3 is 10.5 Å². The minimum absolute atomic E-state index is 0.513. The van der Waals surface area contributed by atoms with Crippen LogP contribution in [-0.2, 0) is 0 Å². The first-order valence-electron chi connectivity index (χ1n) is 4.87. The molecule has 1 rings (SSSR count). The molecular weight excluding hydrogens is 230 g/mol. The Kier molecular flexibility index (Phi) is 5.29. The minimum atomic E-state index is 0.513. The summed E-state index contributed by atoms with van der Waals surface area (Å²) in [6.45, 7) is 2.88. The summed E-state index contributed by atoms with van der Waals surface area (Å²) in [6, 6.07) is 5.83. The lowest BCUT2D eigenvalue weighted by Crippen LogP contribution is -2.06. The molecule has 0 heterocycles. The summed E-state index contributed by atoms with van der Waals surface area (Å²) in [5.74, 6) is 0.715. The Hall–Kier alpha value is -0.380. The van der Waals surface area contributed by atoms with E-state index in [2.05, 4.69) is 6.92 Å². The topological polar surface area (TPSA) is 35.2 Å². The third-order valence-electron chi connectivity index (χ3n) is 2.03. The normalized spacial score (nSPS) is 12.5. The van der Waals surface area contributed by atoms with Crippen LogP contribution in [-0.4, -0.2) is 18.9 Å². The first-order chi connectivity index (χ1) is 7.17. The maximum Gasteiger partial charge on any atom is 0.137 e. The molecule has 1 atom stereocenters. The molecule has 0 aromatic heterocycles. The number of hydrogen-bond donors (Lipinski definition) is 1. The van der Waals surface area contributed by atoms with Crippen LogP contribution in [0.4, 0.5) is 0 Å². The Labute approximate surface area is 100 Å². The molecule has 15 heavy (non-hydrogen) atoms. The van der Waals surface area contributed by atoms with Crippen molar-refractivity contribution in [1.82, 2.24) is 0 Å². The maximum atomic E-state index is 6.03. The van der Waals surface area contributed by atoms with Crippen molar-refractivity contribution in [3.05, 3.63) is 23.2 Å². The molecule has 0 fully saturated rings. The number of benzene rings is 1. The van der Waals surface area contributed by atoms with Gasteiger partial charge in [-0.2, -0.15) is 0 Å². The van der Waals surface area contributed by atoms with E-state index in [0.29, 0.717) is 16.0 Å². The minimum Gasteiger partial charge on any atom is -0.495 e. The number of thioether (sulfide) groups is 1. The Balaban J connectivity index is 2.66. The van der Waals surface area contributed by atoms with E-state index in [4.69, 9.17) is 22.1 Å². The lowest BCUT2D eigenvalue weighted by atomic mass is 10.3. The van der Waals surface area contributed by atoms with Gasteiger partial charge in [0.1, 0.15) is 5.75 Å². The Bertz CT molecular complexity index is 319. The van der Waals surface area contributed by atoms with E-state index in [-0.39, 0.29) is 0 Å². The molecule has 1 aromatic rings. The highest BCUT2D eigenvalue weighted by Gasteiger charge is 2.06. The molecule has 0 bridgehead atoms. The summed E-state index contributed by atoms with van der Waals surface area (Å²) in [7, 11) is 1.62. The molecule has 1 aromatic carbocycles. The molecule has 1 unspecified atom stereocenters. The van der Waals surface area contributed by atoms with Crippen LogP contribution < -0.4 is 10.5 Å². The summed E-state index contributed by atoms with van der Waals surface area (Å²) in [5.41, 5.74) is 5.50. The Morgan fingerprint density at radius 3 is 2.80 bits per heavy atom. The van der Waals surface area contributed by atoms with E-state index in [1.54, 1.807) is 18.9 Å². The second-order valence-electron chi connectivity index (χ2n) is 3.30. The van der Waals surface area contributed by atoms with Crippen molar-refractivity contribution in [1.29, 1.82) is 0 Å². The summed E-state index contributed by atoms with van der Waals surface area (Å²) >= 11 is 7.81. The highest BCUT2D eigenvalue weighted by molar-refractivity contribution is 7.99. The van der Waals surface area contributed by atoms with Crippen LogP contribution in [0, 0.1) is 0 Å². The van der Waals surface area contributed by atoms with Crippen molar-refractivity contribution < 1.29 is 4.74 Å². The monoisotopic (exact) mass is 245 g/mol. The summed E-state index contributed by atoms with van der Waals surface area (Å²) in [4.78, 5) is 1.15. The molecule has 0 aliphatic heterocycles. The maximum absolute atomic E-state index is 6.03. The van der Waals surface area contributed by atoms with Gasteiger partial charge in [-0.25, -0.2) is 0 Å². The Morgan fingerprint density at radius 1 is 1.53 bits per heavy atom. The molecule has 0 saturated heterocycles. The number of nitrogens with two attached hydrogens (primary N) is 1. The number of halogens is 1. The van der Waals surface area contributed by atoms with Gasteiger partial charge in [-0.15, -0.1) is 11.8 Å². The number of ether oxygens (including phenoxy) is 1. The predicted molar refractivity (Wildman–Crippen MR) is 67.0 cm³/mol. The van der Waals surface area contributed by atoms with E-state index in [1.165, 1.54) is 0 Å². The predicted octanol–water partition coefficient (Wildman–Crippen LogP) is 3.18. The van der Waals surface area contributed by atoms with E-state index < -0.39 is 0 Å². The molecular formula is C11H16ClNOS. The zero-order chi connectivity index (χ0) is 11.3. The zero-order valence-corrected chi connectivity index (χ0v) is 10.6. The van der Waals surface area contributed by atoms with Gasteiger partial charge in [0.2, 0.25) is 0 Å². The summed E-state index contributed by atoms with van der Waals surface area (Å²) in [6.07, 6.45) is 1.01. The van der Waals surface area contributed by atoms with Gasteiger partial charge in [-0.1, -0.05) is 18.5 Å². The van der Waals surface area contributed by atoms with Crippen LogP contribution in [0.5, 0.6) is 5.75 Å². The lowest BCUT2D eigenvalue weighted by molar-refractivity contribution is 0.414. The van der Waals surface area contributed by atoms with E-state index >= 15 is 0 Å². The standard InChI is InChI=1S/C11H16ClNOS/c1-8(5-6-13)15-9-3-4-11(14-2)10(12)7-9/h3-4,7-8H,5-6,13H2,1-2H3. The fourth-order valence-corrected chi connectivity index (χ4v) is 2.62. The summed E-state index contributed by atoms with van der Waals surface area (Å²) in [5, 5.41) is 1.17. The molecule has 4 heteroatoms. The van der Waals surface area contributed by atoms with Gasteiger partial charge in [-0.05, 0) is 31.2 Å².